The number of rotatable bonds is 72. The zero-order valence-electron chi connectivity index (χ0n) is 64.2. The van der Waals surface area contributed by atoms with Crippen LogP contribution in [0, 0.1) is 0 Å². The zero-order valence-corrected chi connectivity index (χ0v) is 64.2. The second-order valence-corrected chi connectivity index (χ2v) is 29.4. The van der Waals surface area contributed by atoms with E-state index in [1.54, 1.807) is 0 Å². The molecular formula is C87H153NO10. The van der Waals surface area contributed by atoms with Crippen LogP contribution in [0.1, 0.15) is 398 Å². The molecule has 1 heterocycles. The summed E-state index contributed by atoms with van der Waals surface area (Å²) in [6, 6.07) is 19.6. The van der Waals surface area contributed by atoms with Gasteiger partial charge in [-0.15, -0.1) is 0 Å². The highest BCUT2D eigenvalue weighted by molar-refractivity contribution is 5.76. The van der Waals surface area contributed by atoms with Gasteiger partial charge in [0.05, 0.1) is 26.4 Å². The molecule has 1 fully saturated rings. The molecule has 2 aromatic carbocycles. The summed E-state index contributed by atoms with van der Waals surface area (Å²) >= 11 is 0. The first-order valence-electron chi connectivity index (χ1n) is 42.2. The van der Waals surface area contributed by atoms with Crippen LogP contribution in [-0.2, 0) is 60.8 Å². The molecule has 0 radical (unpaired) electrons. The molecule has 1 unspecified atom stereocenters. The highest BCUT2D eigenvalue weighted by atomic mass is 16.7. The number of ether oxygens (including phenoxy) is 7. The van der Waals surface area contributed by atoms with Gasteiger partial charge in [-0.2, -0.15) is 0 Å². The van der Waals surface area contributed by atoms with E-state index < -0.39 is 36.7 Å². The highest BCUT2D eigenvalue weighted by Crippen LogP contribution is 2.31. The molecular weight excluding hydrogens is 1220 g/mol. The third kappa shape index (κ3) is 50.9. The molecule has 6 atom stereocenters. The van der Waals surface area contributed by atoms with Gasteiger partial charge in [-0.3, -0.25) is 14.4 Å². The van der Waals surface area contributed by atoms with E-state index in [0.29, 0.717) is 25.9 Å². The Morgan fingerprint density at radius 1 is 0.367 bits per heavy atom. The monoisotopic (exact) mass is 1370 g/mol. The topological polar surface area (TPSA) is 128 Å². The molecule has 0 bridgehead atoms. The summed E-state index contributed by atoms with van der Waals surface area (Å²) in [7, 11) is 0. The van der Waals surface area contributed by atoms with Gasteiger partial charge in [0, 0.05) is 25.9 Å². The first kappa shape index (κ1) is 88.9. The van der Waals surface area contributed by atoms with E-state index >= 15 is 0 Å². The minimum atomic E-state index is -0.862. The summed E-state index contributed by atoms with van der Waals surface area (Å²) in [5.74, 6) is -0.644. The number of unbranched alkanes of at least 4 members (excludes halogenated alkanes) is 49. The van der Waals surface area contributed by atoms with Crippen LogP contribution in [0.2, 0.25) is 0 Å². The van der Waals surface area contributed by atoms with Gasteiger partial charge in [-0.05, 0) is 36.8 Å². The van der Waals surface area contributed by atoms with Crippen LogP contribution < -0.4 is 5.32 Å². The lowest BCUT2D eigenvalue weighted by molar-refractivity contribution is -0.291. The summed E-state index contributed by atoms with van der Waals surface area (Å²) in [5.41, 5.74) is 1.99. The van der Waals surface area contributed by atoms with Gasteiger partial charge in [0.2, 0.25) is 5.91 Å². The van der Waals surface area contributed by atoms with E-state index in [4.69, 9.17) is 33.2 Å². The molecule has 1 amide bonds. The SMILES string of the molecule is CCCCCCCCCCCCCCCCO[C@H]1O[C@H](COCC(COC(=O)CCCCCCCCCCCCCCC)OC(=O)CCCCCCCCCCCCCCC)[C@@H](OCc2ccccc2)[C@H](OCc2ccccc2)[C@H]1NC(=O)CCCCCCCCCCCCCCC. The number of esters is 2. The van der Waals surface area contributed by atoms with Crippen molar-refractivity contribution in [3.63, 3.8) is 0 Å². The third-order valence-corrected chi connectivity index (χ3v) is 20.1. The van der Waals surface area contributed by atoms with Crippen LogP contribution in [0.25, 0.3) is 0 Å². The Morgan fingerprint density at radius 3 is 1.07 bits per heavy atom. The van der Waals surface area contributed by atoms with Crippen molar-refractivity contribution in [3.8, 4) is 0 Å². The molecule has 0 aromatic heterocycles. The predicted molar refractivity (Wildman–Crippen MR) is 409 cm³/mol. The lowest BCUT2D eigenvalue weighted by atomic mass is 9.95. The molecule has 3 rings (SSSR count). The van der Waals surface area contributed by atoms with Gasteiger partial charge < -0.3 is 38.5 Å². The summed E-state index contributed by atoms with van der Waals surface area (Å²) in [5, 5.41) is 3.42. The molecule has 98 heavy (non-hydrogen) atoms. The quantitative estimate of drug-likeness (QED) is 0.0505. The molecule has 11 nitrogen and oxygen atoms in total. The average Bonchev–Trinajstić information content (AvgIpc) is 0.789. The van der Waals surface area contributed by atoms with Crippen molar-refractivity contribution in [2.75, 3.05) is 26.4 Å². The fraction of sp³-hybridized carbons (Fsp3) is 0.828. The molecule has 11 heteroatoms. The van der Waals surface area contributed by atoms with Gasteiger partial charge >= 0.3 is 11.9 Å². The van der Waals surface area contributed by atoms with Crippen LogP contribution in [0.15, 0.2) is 60.7 Å². The Kier molecular flexibility index (Phi) is 60.6. The molecule has 1 N–H and O–H groups in total. The van der Waals surface area contributed by atoms with Crippen molar-refractivity contribution in [1.82, 2.24) is 5.32 Å². The van der Waals surface area contributed by atoms with Gasteiger partial charge in [0.1, 0.15) is 31.0 Å². The summed E-state index contributed by atoms with van der Waals surface area (Å²) in [6.07, 6.45) is 63.0. The van der Waals surface area contributed by atoms with Crippen molar-refractivity contribution >= 4 is 17.8 Å². The molecule has 0 aliphatic carbocycles. The van der Waals surface area contributed by atoms with E-state index in [1.165, 1.54) is 263 Å². The maximum atomic E-state index is 14.3. The summed E-state index contributed by atoms with van der Waals surface area (Å²) in [4.78, 5) is 41.4. The molecule has 0 saturated carbocycles. The van der Waals surface area contributed by atoms with E-state index in [-0.39, 0.29) is 50.9 Å². The van der Waals surface area contributed by atoms with Crippen LogP contribution in [0.5, 0.6) is 0 Å². The van der Waals surface area contributed by atoms with E-state index in [1.807, 2.05) is 48.5 Å². The first-order valence-corrected chi connectivity index (χ1v) is 42.2. The van der Waals surface area contributed by atoms with Crippen LogP contribution >= 0.6 is 0 Å². The number of hydrogen-bond donors (Lipinski definition) is 1. The smallest absolute Gasteiger partial charge is 0.306 e. The van der Waals surface area contributed by atoms with Crippen molar-refractivity contribution < 1.29 is 47.5 Å². The van der Waals surface area contributed by atoms with Crippen molar-refractivity contribution in [2.24, 2.45) is 0 Å². The van der Waals surface area contributed by atoms with Crippen molar-refractivity contribution in [2.45, 2.75) is 437 Å². The number of carbonyl (C=O) groups is 3. The van der Waals surface area contributed by atoms with Gasteiger partial charge in [0.25, 0.3) is 0 Å². The molecule has 2 aromatic rings. The fourth-order valence-electron chi connectivity index (χ4n) is 13.8. The van der Waals surface area contributed by atoms with E-state index in [2.05, 4.69) is 45.1 Å². The molecule has 1 aliphatic rings. The fourth-order valence-corrected chi connectivity index (χ4v) is 13.8. The normalized spacial score (nSPS) is 16.6. The highest BCUT2D eigenvalue weighted by Gasteiger charge is 2.49. The predicted octanol–water partition coefficient (Wildman–Crippen LogP) is 24.8. The first-order chi connectivity index (χ1) is 48.4. The van der Waals surface area contributed by atoms with Gasteiger partial charge in [0.15, 0.2) is 12.4 Å². The van der Waals surface area contributed by atoms with Crippen molar-refractivity contribution in [3.05, 3.63) is 71.8 Å². The maximum Gasteiger partial charge on any atom is 0.306 e. The zero-order chi connectivity index (χ0) is 69.9. The molecule has 1 saturated heterocycles. The van der Waals surface area contributed by atoms with E-state index in [9.17, 15) is 14.4 Å². The number of amides is 1. The minimum absolute atomic E-state index is 0.0129. The summed E-state index contributed by atoms with van der Waals surface area (Å²) in [6.45, 7) is 10.1. The third-order valence-electron chi connectivity index (χ3n) is 20.1. The Labute approximate surface area is 603 Å². The Morgan fingerprint density at radius 2 is 0.694 bits per heavy atom. The molecule has 566 valence electrons. The van der Waals surface area contributed by atoms with Crippen LogP contribution in [0.4, 0.5) is 0 Å². The van der Waals surface area contributed by atoms with Gasteiger partial charge in [-0.1, -0.05) is 403 Å². The molecule has 0 spiro atoms. The maximum absolute atomic E-state index is 14.3. The lowest BCUT2D eigenvalue weighted by Gasteiger charge is -2.46. The second kappa shape index (κ2) is 66.9. The van der Waals surface area contributed by atoms with Gasteiger partial charge in [-0.25, -0.2) is 0 Å². The second-order valence-electron chi connectivity index (χ2n) is 29.4. The van der Waals surface area contributed by atoms with Crippen LogP contribution in [0.3, 0.4) is 0 Å². The number of carbonyl (C=O) groups excluding carboxylic acids is 3. The standard InChI is InChI=1S/C87H153NO10/c1-5-9-13-17-21-25-29-33-37-41-45-49-53-63-71-93-87-84(88-81(89)68-60-50-46-42-38-34-30-26-22-18-14-10-6-2)86(96-73-78-66-58-55-59-67-78)85(95-72-77-64-56-54-57-65-77)80(98-87)76-92-74-79(97-83(91)70-62-52-48-44-40-36-32-28-24-20-16-12-8-4)75-94-82(90)69-61-51-47-43-39-35-31-27-23-19-15-11-7-3/h54-59,64-67,79-80,84-87H,5-53,60-63,68-76H2,1-4H3,(H,88,89)/t79?,80-,84-,85-,86-,87+/m1/s1. The lowest BCUT2D eigenvalue weighted by Crippen LogP contribution is -2.66. The Balaban J connectivity index is 1.77. The van der Waals surface area contributed by atoms with E-state index in [0.717, 1.165) is 88.2 Å². The Bertz CT molecular complexity index is 2040. The average molecular weight is 1370 g/mol. The number of nitrogens with one attached hydrogen (secondary N) is 1. The number of benzene rings is 2. The van der Waals surface area contributed by atoms with Crippen LogP contribution in [-0.4, -0.2) is 81.0 Å². The summed E-state index contributed by atoms with van der Waals surface area (Å²) < 4.78 is 46.6. The molecule has 1 aliphatic heterocycles. The van der Waals surface area contributed by atoms with Crippen molar-refractivity contribution in [1.29, 1.82) is 0 Å². The minimum Gasteiger partial charge on any atom is -0.462 e. The largest absolute Gasteiger partial charge is 0.462 e. The Hall–Kier alpha value is -3.35. The number of hydrogen-bond acceptors (Lipinski definition) is 10.